The van der Waals surface area contributed by atoms with Gasteiger partial charge in [-0.3, -0.25) is 0 Å². The summed E-state index contributed by atoms with van der Waals surface area (Å²) in [5.41, 5.74) is 8.48. The number of para-hydroxylation sites is 3. The second-order valence-electron chi connectivity index (χ2n) is 5.14. The lowest BCUT2D eigenvalue weighted by Crippen LogP contribution is -2.09. The maximum absolute atomic E-state index is 6.02. The van der Waals surface area contributed by atoms with Gasteiger partial charge in [0, 0.05) is 15.5 Å². The Labute approximate surface area is 138 Å². The Morgan fingerprint density at radius 1 is 0.913 bits per heavy atom. The normalized spacial score (nSPS) is 15.4. The Morgan fingerprint density at radius 2 is 1.74 bits per heavy atom. The zero-order chi connectivity index (χ0) is 15.6. The van der Waals surface area contributed by atoms with Gasteiger partial charge in [-0.25, -0.2) is 4.99 Å². The van der Waals surface area contributed by atoms with Crippen molar-refractivity contribution in [3.05, 3.63) is 83.5 Å². The van der Waals surface area contributed by atoms with Gasteiger partial charge in [-0.05, 0) is 48.6 Å². The summed E-state index contributed by atoms with van der Waals surface area (Å²) in [5, 5.41) is 0. The lowest BCUT2D eigenvalue weighted by atomic mass is 10.2. The second kappa shape index (κ2) is 5.82. The molecule has 0 radical (unpaired) electrons. The van der Waals surface area contributed by atoms with E-state index in [-0.39, 0.29) is 0 Å². The molecule has 0 saturated carbocycles. The molecule has 4 rings (SSSR count). The van der Waals surface area contributed by atoms with Crippen LogP contribution in [-0.2, 0) is 0 Å². The van der Waals surface area contributed by atoms with E-state index in [0.717, 1.165) is 38.4 Å². The molecule has 0 atom stereocenters. The van der Waals surface area contributed by atoms with Crippen molar-refractivity contribution in [2.45, 2.75) is 4.90 Å². The number of thioether (sulfide) groups is 1. The fourth-order valence-corrected chi connectivity index (χ4v) is 3.23. The Morgan fingerprint density at radius 3 is 2.65 bits per heavy atom. The number of nitrogens with zero attached hydrogens (tertiary/aromatic N) is 1. The molecule has 1 heterocycles. The van der Waals surface area contributed by atoms with E-state index in [1.54, 1.807) is 11.8 Å². The minimum absolute atomic E-state index is 0.761. The van der Waals surface area contributed by atoms with Crippen molar-refractivity contribution in [1.82, 2.24) is 0 Å². The Bertz CT molecular complexity index is 894. The van der Waals surface area contributed by atoms with Crippen LogP contribution >= 0.6 is 11.8 Å². The molecule has 2 N–H and O–H groups in total. The van der Waals surface area contributed by atoms with E-state index in [2.05, 4.69) is 4.99 Å². The number of fused-ring (bicyclic) bond motifs is 2. The van der Waals surface area contributed by atoms with E-state index in [1.807, 2.05) is 72.8 Å². The summed E-state index contributed by atoms with van der Waals surface area (Å²) in [5.74, 6) is 1.55. The van der Waals surface area contributed by atoms with Crippen LogP contribution in [0.3, 0.4) is 0 Å². The van der Waals surface area contributed by atoms with Crippen molar-refractivity contribution in [2.75, 3.05) is 5.73 Å². The molecular formula is C19H14N2OS. The van der Waals surface area contributed by atoms with Crippen LogP contribution in [-0.4, -0.2) is 5.71 Å². The SMILES string of the molecule is Nc1ccccc1SC1=CC=C2Oc3ccccc3N=C2C=C1. The van der Waals surface area contributed by atoms with Gasteiger partial charge in [-0.1, -0.05) is 36.0 Å². The first-order valence-corrected chi connectivity index (χ1v) is 8.09. The van der Waals surface area contributed by atoms with E-state index in [4.69, 9.17) is 10.5 Å². The van der Waals surface area contributed by atoms with Gasteiger partial charge in [0.1, 0.15) is 11.4 Å². The van der Waals surface area contributed by atoms with Crippen molar-refractivity contribution in [3.63, 3.8) is 0 Å². The van der Waals surface area contributed by atoms with Gasteiger partial charge in [-0.2, -0.15) is 0 Å². The van der Waals surface area contributed by atoms with Gasteiger partial charge >= 0.3 is 0 Å². The Hall–Kier alpha value is -2.72. The predicted molar refractivity (Wildman–Crippen MR) is 96.2 cm³/mol. The van der Waals surface area contributed by atoms with Gasteiger partial charge in [0.15, 0.2) is 11.5 Å². The zero-order valence-corrected chi connectivity index (χ0v) is 13.1. The zero-order valence-electron chi connectivity index (χ0n) is 12.3. The highest BCUT2D eigenvalue weighted by Crippen LogP contribution is 2.36. The minimum atomic E-state index is 0.761. The number of nitrogens with two attached hydrogens (primary N) is 1. The lowest BCUT2D eigenvalue weighted by Gasteiger charge is -2.16. The number of hydrogen-bond donors (Lipinski definition) is 1. The number of allylic oxidation sites excluding steroid dienone is 4. The molecule has 1 aliphatic heterocycles. The van der Waals surface area contributed by atoms with Gasteiger partial charge in [0.2, 0.25) is 0 Å². The molecule has 112 valence electrons. The Kier molecular flexibility index (Phi) is 3.52. The van der Waals surface area contributed by atoms with Crippen LogP contribution in [0.2, 0.25) is 0 Å². The minimum Gasteiger partial charge on any atom is -0.453 e. The van der Waals surface area contributed by atoms with E-state index in [0.29, 0.717) is 0 Å². The second-order valence-corrected chi connectivity index (χ2v) is 6.26. The number of benzene rings is 2. The van der Waals surface area contributed by atoms with Crippen LogP contribution in [0.25, 0.3) is 0 Å². The summed E-state index contributed by atoms with van der Waals surface area (Å²) >= 11 is 1.63. The highest BCUT2D eigenvalue weighted by molar-refractivity contribution is 8.03. The summed E-state index contributed by atoms with van der Waals surface area (Å²) in [4.78, 5) is 6.78. The average molecular weight is 318 g/mol. The molecular weight excluding hydrogens is 304 g/mol. The summed E-state index contributed by atoms with van der Waals surface area (Å²) < 4.78 is 5.94. The number of rotatable bonds is 2. The van der Waals surface area contributed by atoms with E-state index >= 15 is 0 Å². The molecule has 0 saturated heterocycles. The quantitative estimate of drug-likeness (QED) is 0.804. The number of hydrogen-bond acceptors (Lipinski definition) is 4. The molecule has 3 nitrogen and oxygen atoms in total. The van der Waals surface area contributed by atoms with Crippen molar-refractivity contribution in [1.29, 1.82) is 0 Å². The average Bonchev–Trinajstić information content (AvgIpc) is 2.77. The van der Waals surface area contributed by atoms with Crippen molar-refractivity contribution in [3.8, 4) is 5.75 Å². The fraction of sp³-hybridized carbons (Fsp3) is 0. The molecule has 2 aromatic rings. The third-order valence-corrected chi connectivity index (χ3v) is 4.63. The number of nitrogen functional groups attached to an aromatic ring is 1. The molecule has 1 aliphatic carbocycles. The molecule has 0 spiro atoms. The maximum atomic E-state index is 6.02. The number of ether oxygens (including phenoxy) is 1. The molecule has 0 fully saturated rings. The first-order valence-electron chi connectivity index (χ1n) is 7.28. The molecule has 0 amide bonds. The summed E-state index contributed by atoms with van der Waals surface area (Å²) in [6.45, 7) is 0. The van der Waals surface area contributed by atoms with Crippen LogP contribution < -0.4 is 10.5 Å². The van der Waals surface area contributed by atoms with Gasteiger partial charge < -0.3 is 10.5 Å². The number of anilines is 1. The monoisotopic (exact) mass is 318 g/mol. The van der Waals surface area contributed by atoms with E-state index in [1.165, 1.54) is 0 Å². The topological polar surface area (TPSA) is 47.6 Å². The van der Waals surface area contributed by atoms with Crippen LogP contribution in [0.4, 0.5) is 11.4 Å². The van der Waals surface area contributed by atoms with Crippen molar-refractivity contribution < 1.29 is 4.74 Å². The van der Waals surface area contributed by atoms with Gasteiger partial charge in [0.25, 0.3) is 0 Å². The molecule has 4 heteroatoms. The Balaban J connectivity index is 1.65. The maximum Gasteiger partial charge on any atom is 0.153 e. The highest BCUT2D eigenvalue weighted by Gasteiger charge is 2.17. The van der Waals surface area contributed by atoms with Gasteiger partial charge in [-0.15, -0.1) is 0 Å². The third kappa shape index (κ3) is 2.81. The molecule has 0 bridgehead atoms. The standard InChI is InChI=1S/C19H14N2OS/c20-14-5-1-4-8-19(14)23-13-9-11-16-18(12-10-13)22-17-7-3-2-6-15(17)21-16/h1-12H,20H2. The van der Waals surface area contributed by atoms with E-state index < -0.39 is 0 Å². The van der Waals surface area contributed by atoms with Crippen molar-refractivity contribution in [2.24, 2.45) is 4.99 Å². The highest BCUT2D eigenvalue weighted by atomic mass is 32.2. The molecule has 0 unspecified atom stereocenters. The molecule has 2 aliphatic rings. The summed E-state index contributed by atoms with van der Waals surface area (Å²) in [7, 11) is 0. The van der Waals surface area contributed by atoms with Crippen LogP contribution in [0.15, 0.2) is 93.4 Å². The van der Waals surface area contributed by atoms with E-state index in [9.17, 15) is 0 Å². The third-order valence-electron chi connectivity index (χ3n) is 3.53. The summed E-state index contributed by atoms with van der Waals surface area (Å²) in [6.07, 6.45) is 8.00. The molecule has 2 aromatic carbocycles. The predicted octanol–water partition coefficient (Wildman–Crippen LogP) is 4.86. The first kappa shape index (κ1) is 13.9. The largest absolute Gasteiger partial charge is 0.453 e. The van der Waals surface area contributed by atoms with Crippen molar-refractivity contribution >= 4 is 28.8 Å². The summed E-state index contributed by atoms with van der Waals surface area (Å²) in [6, 6.07) is 15.6. The lowest BCUT2D eigenvalue weighted by molar-refractivity contribution is 0.451. The fourth-order valence-electron chi connectivity index (χ4n) is 2.37. The molecule has 0 aromatic heterocycles. The number of aliphatic imine (C=N–C) groups is 1. The van der Waals surface area contributed by atoms with Crippen LogP contribution in [0, 0.1) is 0 Å². The van der Waals surface area contributed by atoms with Crippen LogP contribution in [0.1, 0.15) is 0 Å². The van der Waals surface area contributed by atoms with Crippen LogP contribution in [0.5, 0.6) is 5.75 Å². The molecule has 23 heavy (non-hydrogen) atoms. The first-order chi connectivity index (χ1) is 11.3. The smallest absolute Gasteiger partial charge is 0.153 e. The van der Waals surface area contributed by atoms with Gasteiger partial charge in [0.05, 0.1) is 0 Å².